The lowest BCUT2D eigenvalue weighted by Crippen LogP contribution is -2.21. The summed E-state index contributed by atoms with van der Waals surface area (Å²) in [6, 6.07) is 11.7. The highest BCUT2D eigenvalue weighted by Crippen LogP contribution is 2.35. The van der Waals surface area contributed by atoms with E-state index in [1.165, 1.54) is 16.5 Å². The Morgan fingerprint density at radius 3 is 2.41 bits per heavy atom. The van der Waals surface area contributed by atoms with Crippen LogP contribution in [0.4, 0.5) is 0 Å². The molecular formula is C24H27NO3S. The summed E-state index contributed by atoms with van der Waals surface area (Å²) in [5.74, 6) is -0.715. The zero-order valence-electron chi connectivity index (χ0n) is 17.6. The predicted octanol–water partition coefficient (Wildman–Crippen LogP) is 4.96. The Morgan fingerprint density at radius 1 is 1.00 bits per heavy atom. The number of ketones is 1. The van der Waals surface area contributed by atoms with E-state index in [1.54, 1.807) is 12.1 Å². The summed E-state index contributed by atoms with van der Waals surface area (Å²) >= 11 is 0. The molecule has 4 rings (SSSR count). The summed E-state index contributed by atoms with van der Waals surface area (Å²) < 4.78 is 24.2. The second-order valence-corrected chi connectivity index (χ2v) is 11.7. The number of carbonyl (C=O) groups is 1. The minimum absolute atomic E-state index is 0.0538. The van der Waals surface area contributed by atoms with E-state index in [9.17, 15) is 13.2 Å². The summed E-state index contributed by atoms with van der Waals surface area (Å²) in [6.45, 7) is 10.9. The van der Waals surface area contributed by atoms with Crippen LogP contribution in [0.2, 0.25) is 0 Å². The van der Waals surface area contributed by atoms with E-state index < -0.39 is 15.6 Å². The fourth-order valence-electron chi connectivity index (χ4n) is 4.28. The van der Waals surface area contributed by atoms with Gasteiger partial charge in [0.05, 0.1) is 4.90 Å². The maximum Gasteiger partial charge on any atom is 0.186 e. The Balaban J connectivity index is 1.71. The second kappa shape index (κ2) is 6.30. The summed E-state index contributed by atoms with van der Waals surface area (Å²) in [5, 5.41) is 1.24. The fourth-order valence-corrected chi connectivity index (χ4v) is 5.72. The molecule has 1 aromatic heterocycles. The van der Waals surface area contributed by atoms with Gasteiger partial charge >= 0.3 is 0 Å². The lowest BCUT2D eigenvalue weighted by Gasteiger charge is -2.26. The lowest BCUT2D eigenvalue weighted by atomic mass is 9.78. The summed E-state index contributed by atoms with van der Waals surface area (Å²) in [4.78, 5) is 15.7. The highest BCUT2D eigenvalue weighted by Gasteiger charge is 2.35. The largest absolute Gasteiger partial charge is 0.361 e. The van der Waals surface area contributed by atoms with Gasteiger partial charge in [-0.2, -0.15) is 0 Å². The molecule has 152 valence electrons. The first kappa shape index (κ1) is 19.9. The van der Waals surface area contributed by atoms with Crippen LogP contribution in [0.15, 0.2) is 47.5 Å². The van der Waals surface area contributed by atoms with Crippen LogP contribution < -0.4 is 0 Å². The lowest BCUT2D eigenvalue weighted by molar-refractivity contribution is 0.102. The predicted molar refractivity (Wildman–Crippen MR) is 117 cm³/mol. The van der Waals surface area contributed by atoms with Gasteiger partial charge in [-0.15, -0.1) is 0 Å². The van der Waals surface area contributed by atoms with Gasteiger partial charge in [-0.05, 0) is 58.2 Å². The molecule has 0 fully saturated rings. The van der Waals surface area contributed by atoms with Gasteiger partial charge in [-0.25, -0.2) is 8.42 Å². The SMILES string of the molecule is CC(C)(C)c1c[nH]c2ccc(CC(C)(C)c3ccc4c(c3)C(=O)CS4(=O)=O)cc12. The third-order valence-corrected chi connectivity index (χ3v) is 7.59. The van der Waals surface area contributed by atoms with Crippen LogP contribution in [0.1, 0.15) is 61.7 Å². The molecular weight excluding hydrogens is 382 g/mol. The summed E-state index contributed by atoms with van der Waals surface area (Å²) in [5.41, 5.74) is 4.77. The zero-order chi connectivity index (χ0) is 21.2. The minimum Gasteiger partial charge on any atom is -0.361 e. The van der Waals surface area contributed by atoms with Gasteiger partial charge in [-0.1, -0.05) is 46.8 Å². The van der Waals surface area contributed by atoms with Gasteiger partial charge in [0.25, 0.3) is 0 Å². The first-order valence-electron chi connectivity index (χ1n) is 9.89. The number of hydrogen-bond acceptors (Lipinski definition) is 3. The van der Waals surface area contributed by atoms with Crippen molar-refractivity contribution in [3.63, 3.8) is 0 Å². The third-order valence-electron chi connectivity index (χ3n) is 5.92. The highest BCUT2D eigenvalue weighted by atomic mass is 32.2. The third kappa shape index (κ3) is 3.42. The molecule has 0 saturated heterocycles. The molecule has 5 heteroatoms. The Hall–Kier alpha value is -2.40. The number of carbonyl (C=O) groups excluding carboxylic acids is 1. The van der Waals surface area contributed by atoms with Gasteiger partial charge in [0.1, 0.15) is 5.75 Å². The molecule has 0 saturated carbocycles. The maximum absolute atomic E-state index is 12.2. The molecule has 1 N–H and O–H groups in total. The standard InChI is InChI=1S/C24H27NO3S/c1-23(2,3)19-13-25-20-8-6-15(10-17(19)20)12-24(4,5)16-7-9-22-18(11-16)21(26)14-29(22,27)28/h6-11,13,25H,12,14H2,1-5H3. The molecule has 4 nitrogen and oxygen atoms in total. The van der Waals surface area contributed by atoms with E-state index in [4.69, 9.17) is 0 Å². The summed E-state index contributed by atoms with van der Waals surface area (Å²) in [6.07, 6.45) is 2.88. The normalized spacial score (nSPS) is 16.4. The number of hydrogen-bond donors (Lipinski definition) is 1. The molecule has 0 aliphatic carbocycles. The van der Waals surface area contributed by atoms with Gasteiger partial charge < -0.3 is 4.98 Å². The molecule has 0 unspecified atom stereocenters. The molecule has 0 atom stereocenters. The van der Waals surface area contributed by atoms with Gasteiger partial charge in [-0.3, -0.25) is 4.79 Å². The Labute approximate surface area is 172 Å². The van der Waals surface area contributed by atoms with Crippen LogP contribution in [0.5, 0.6) is 0 Å². The van der Waals surface area contributed by atoms with Gasteiger partial charge in [0.15, 0.2) is 15.6 Å². The summed E-state index contributed by atoms with van der Waals surface area (Å²) in [7, 11) is -3.47. The monoisotopic (exact) mass is 409 g/mol. The number of sulfone groups is 1. The van der Waals surface area contributed by atoms with Crippen LogP contribution >= 0.6 is 0 Å². The second-order valence-electron chi connectivity index (χ2n) is 9.79. The number of Topliss-reactive ketones (excluding diaryl/α,β-unsaturated/α-hetero) is 1. The topological polar surface area (TPSA) is 67.0 Å². The molecule has 0 spiro atoms. The number of H-pyrrole nitrogens is 1. The van der Waals surface area contributed by atoms with Crippen LogP contribution in [-0.4, -0.2) is 24.9 Å². The quantitative estimate of drug-likeness (QED) is 0.665. The molecule has 2 heterocycles. The molecule has 0 radical (unpaired) electrons. The Bertz CT molecular complexity index is 1240. The number of nitrogens with one attached hydrogen (secondary N) is 1. The van der Waals surface area contributed by atoms with Crippen LogP contribution in [0, 0.1) is 0 Å². The average Bonchev–Trinajstić information content (AvgIpc) is 3.12. The highest BCUT2D eigenvalue weighted by molar-refractivity contribution is 7.92. The van der Waals surface area contributed by atoms with Crippen LogP contribution in [0.25, 0.3) is 10.9 Å². The Kier molecular flexibility index (Phi) is 4.32. The fraction of sp³-hybridized carbons (Fsp3) is 0.375. The minimum atomic E-state index is -3.47. The van der Waals surface area contributed by atoms with E-state index in [2.05, 4.69) is 64.0 Å². The molecule has 2 aromatic carbocycles. The number of aromatic nitrogens is 1. The van der Waals surface area contributed by atoms with Crippen molar-refractivity contribution in [3.05, 3.63) is 64.8 Å². The van der Waals surface area contributed by atoms with Crippen molar-refractivity contribution in [2.45, 2.75) is 56.8 Å². The van der Waals surface area contributed by atoms with Gasteiger partial charge in [0, 0.05) is 22.7 Å². The Morgan fingerprint density at radius 2 is 1.72 bits per heavy atom. The molecule has 1 aliphatic rings. The first-order chi connectivity index (χ1) is 13.4. The number of rotatable bonds is 3. The van der Waals surface area contributed by atoms with Crippen molar-refractivity contribution in [2.24, 2.45) is 0 Å². The molecule has 3 aromatic rings. The number of aromatic amines is 1. The smallest absolute Gasteiger partial charge is 0.186 e. The molecule has 0 bridgehead atoms. The van der Waals surface area contributed by atoms with Crippen molar-refractivity contribution in [2.75, 3.05) is 5.75 Å². The molecule has 29 heavy (non-hydrogen) atoms. The van der Waals surface area contributed by atoms with Crippen molar-refractivity contribution in [3.8, 4) is 0 Å². The first-order valence-corrected chi connectivity index (χ1v) is 11.5. The van der Waals surface area contributed by atoms with Crippen molar-refractivity contribution in [1.29, 1.82) is 0 Å². The number of benzene rings is 2. The number of fused-ring (bicyclic) bond motifs is 2. The average molecular weight is 410 g/mol. The van der Waals surface area contributed by atoms with Gasteiger partial charge in [0.2, 0.25) is 0 Å². The van der Waals surface area contributed by atoms with E-state index >= 15 is 0 Å². The van der Waals surface area contributed by atoms with E-state index in [0.717, 1.165) is 17.5 Å². The maximum atomic E-state index is 12.2. The van der Waals surface area contributed by atoms with Crippen molar-refractivity contribution >= 4 is 26.5 Å². The molecule has 1 aliphatic heterocycles. The van der Waals surface area contributed by atoms with E-state index in [1.807, 2.05) is 6.07 Å². The van der Waals surface area contributed by atoms with E-state index in [0.29, 0.717) is 5.56 Å². The zero-order valence-corrected chi connectivity index (χ0v) is 18.4. The van der Waals surface area contributed by atoms with Crippen molar-refractivity contribution < 1.29 is 13.2 Å². The van der Waals surface area contributed by atoms with Crippen molar-refractivity contribution in [1.82, 2.24) is 4.98 Å². The van der Waals surface area contributed by atoms with Crippen LogP contribution in [-0.2, 0) is 27.1 Å². The molecule has 0 amide bonds. The van der Waals surface area contributed by atoms with Crippen LogP contribution in [0.3, 0.4) is 0 Å². The van der Waals surface area contributed by atoms with E-state index in [-0.39, 0.29) is 21.5 Å².